The molecule has 5 nitrogen and oxygen atoms in total. The van der Waals surface area contributed by atoms with Crippen molar-refractivity contribution in [1.82, 2.24) is 5.32 Å². The molecule has 1 aliphatic heterocycles. The first kappa shape index (κ1) is 23.2. The number of hydrogen-bond acceptors (Lipinski definition) is 5. The molecule has 0 saturated carbocycles. The van der Waals surface area contributed by atoms with Gasteiger partial charge in [-0.15, -0.1) is 0 Å². The highest BCUT2D eigenvalue weighted by Gasteiger charge is 2.24. The summed E-state index contributed by atoms with van der Waals surface area (Å²) >= 11 is 13.4. The maximum absolute atomic E-state index is 12.5. The van der Waals surface area contributed by atoms with Gasteiger partial charge in [0.2, 0.25) is 0 Å². The third-order valence-corrected chi connectivity index (χ3v) is 6.05. The van der Waals surface area contributed by atoms with Gasteiger partial charge in [-0.3, -0.25) is 4.79 Å². The zero-order valence-corrected chi connectivity index (χ0v) is 20.0. The van der Waals surface area contributed by atoms with Gasteiger partial charge in [0.25, 0.3) is 5.91 Å². The molecule has 0 aliphatic carbocycles. The molecule has 3 aromatic rings. The number of aliphatic imine (C=N–C) groups is 1. The highest BCUT2D eigenvalue weighted by molar-refractivity contribution is 8.18. The molecular weight excluding hydrogens is 479 g/mol. The lowest BCUT2D eigenvalue weighted by molar-refractivity contribution is -0.115. The van der Waals surface area contributed by atoms with Crippen LogP contribution in [0.2, 0.25) is 10.0 Å². The molecule has 1 heterocycles. The van der Waals surface area contributed by atoms with Crippen molar-refractivity contribution < 1.29 is 14.3 Å². The number of thioether (sulfide) groups is 1. The summed E-state index contributed by atoms with van der Waals surface area (Å²) in [6.07, 6.45) is 1.78. The van der Waals surface area contributed by atoms with Crippen LogP contribution in [0.5, 0.6) is 11.5 Å². The van der Waals surface area contributed by atoms with Crippen molar-refractivity contribution in [3.8, 4) is 11.5 Å². The van der Waals surface area contributed by atoms with E-state index in [9.17, 15) is 4.79 Å². The summed E-state index contributed by atoms with van der Waals surface area (Å²) in [7, 11) is 0. The lowest BCUT2D eigenvalue weighted by atomic mass is 10.2. The molecule has 1 amide bonds. The van der Waals surface area contributed by atoms with E-state index in [1.807, 2.05) is 55.5 Å². The summed E-state index contributed by atoms with van der Waals surface area (Å²) in [6, 6.07) is 20.5. The highest BCUT2D eigenvalue weighted by Crippen LogP contribution is 2.34. The second-order valence-electron chi connectivity index (χ2n) is 6.99. The Bertz CT molecular complexity index is 1230. The van der Waals surface area contributed by atoms with E-state index in [1.54, 1.807) is 24.3 Å². The van der Waals surface area contributed by atoms with Crippen molar-refractivity contribution in [2.45, 2.75) is 13.5 Å². The van der Waals surface area contributed by atoms with E-state index in [-0.39, 0.29) is 5.91 Å². The van der Waals surface area contributed by atoms with E-state index in [4.69, 9.17) is 32.7 Å². The first-order chi connectivity index (χ1) is 16.0. The number of nitrogens with zero attached hydrogens (tertiary/aromatic N) is 1. The molecule has 4 rings (SSSR count). The number of ether oxygens (including phenoxy) is 2. The number of benzene rings is 3. The lowest BCUT2D eigenvalue weighted by Crippen LogP contribution is -2.19. The van der Waals surface area contributed by atoms with Crippen LogP contribution < -0.4 is 14.8 Å². The van der Waals surface area contributed by atoms with Crippen molar-refractivity contribution >= 4 is 57.8 Å². The van der Waals surface area contributed by atoms with E-state index in [0.717, 1.165) is 11.1 Å². The van der Waals surface area contributed by atoms with Crippen molar-refractivity contribution in [2.24, 2.45) is 4.99 Å². The van der Waals surface area contributed by atoms with Crippen LogP contribution in [-0.2, 0) is 11.4 Å². The third-order valence-electron chi connectivity index (χ3n) is 4.58. The predicted molar refractivity (Wildman–Crippen MR) is 136 cm³/mol. The fourth-order valence-corrected chi connectivity index (χ4v) is 4.21. The van der Waals surface area contributed by atoms with Crippen LogP contribution in [0.1, 0.15) is 18.1 Å². The molecular formula is C25H20Cl2N2O3S. The van der Waals surface area contributed by atoms with Crippen LogP contribution in [0.15, 0.2) is 76.6 Å². The smallest absolute Gasteiger partial charge is 0.264 e. The van der Waals surface area contributed by atoms with Gasteiger partial charge >= 0.3 is 0 Å². The molecule has 1 saturated heterocycles. The van der Waals surface area contributed by atoms with E-state index >= 15 is 0 Å². The van der Waals surface area contributed by atoms with Gasteiger partial charge < -0.3 is 14.8 Å². The van der Waals surface area contributed by atoms with Gasteiger partial charge in [-0.05, 0) is 66.2 Å². The highest BCUT2D eigenvalue weighted by atomic mass is 35.5. The Hall–Kier alpha value is -2.93. The predicted octanol–water partition coefficient (Wildman–Crippen LogP) is 6.86. The number of amidine groups is 1. The number of hydrogen-bond donors (Lipinski definition) is 1. The number of nitrogens with one attached hydrogen (secondary N) is 1. The minimum absolute atomic E-state index is 0.237. The van der Waals surface area contributed by atoms with Gasteiger partial charge in [-0.1, -0.05) is 59.6 Å². The number of carbonyl (C=O) groups excluding carboxylic acids is 1. The van der Waals surface area contributed by atoms with E-state index < -0.39 is 0 Å². The van der Waals surface area contributed by atoms with Gasteiger partial charge in [-0.25, -0.2) is 4.99 Å². The fraction of sp³-hybridized carbons (Fsp3) is 0.120. The Morgan fingerprint density at radius 3 is 2.61 bits per heavy atom. The quantitative estimate of drug-likeness (QED) is 0.361. The first-order valence-corrected chi connectivity index (χ1v) is 11.8. The maximum atomic E-state index is 12.5. The number of halogens is 2. The molecule has 168 valence electrons. The lowest BCUT2D eigenvalue weighted by Gasteiger charge is -2.13. The van der Waals surface area contributed by atoms with Crippen LogP contribution >= 0.6 is 35.0 Å². The van der Waals surface area contributed by atoms with E-state index in [0.29, 0.717) is 50.5 Å². The van der Waals surface area contributed by atoms with Crippen LogP contribution in [-0.4, -0.2) is 17.7 Å². The molecule has 0 radical (unpaired) electrons. The summed E-state index contributed by atoms with van der Waals surface area (Å²) < 4.78 is 11.7. The zero-order valence-electron chi connectivity index (χ0n) is 17.7. The minimum Gasteiger partial charge on any atom is -0.490 e. The Balaban J connectivity index is 1.53. The largest absolute Gasteiger partial charge is 0.490 e. The fourth-order valence-electron chi connectivity index (χ4n) is 3.05. The molecule has 33 heavy (non-hydrogen) atoms. The average molecular weight is 499 g/mol. The molecule has 8 heteroatoms. The molecule has 0 aromatic heterocycles. The third kappa shape index (κ3) is 6.11. The van der Waals surface area contributed by atoms with Crippen LogP contribution in [0.25, 0.3) is 6.08 Å². The molecule has 0 bridgehead atoms. The average Bonchev–Trinajstić information content (AvgIpc) is 3.15. The van der Waals surface area contributed by atoms with Gasteiger partial charge in [0.15, 0.2) is 16.7 Å². The summed E-state index contributed by atoms with van der Waals surface area (Å²) in [5.41, 5.74) is 2.37. The molecule has 3 aromatic carbocycles. The molecule has 0 unspecified atom stereocenters. The van der Waals surface area contributed by atoms with Gasteiger partial charge in [0.05, 0.1) is 22.2 Å². The number of amides is 1. The Morgan fingerprint density at radius 2 is 1.82 bits per heavy atom. The number of rotatable bonds is 7. The summed E-state index contributed by atoms with van der Waals surface area (Å²) in [5.74, 6) is 1.02. The van der Waals surface area contributed by atoms with Gasteiger partial charge in [0, 0.05) is 5.02 Å². The summed E-state index contributed by atoms with van der Waals surface area (Å²) in [5, 5.41) is 4.16. The normalized spacial score (nSPS) is 15.7. The zero-order chi connectivity index (χ0) is 23.2. The second kappa shape index (κ2) is 10.8. The van der Waals surface area contributed by atoms with Crippen LogP contribution in [0.3, 0.4) is 0 Å². The van der Waals surface area contributed by atoms with Crippen molar-refractivity contribution in [1.29, 1.82) is 0 Å². The van der Waals surface area contributed by atoms with E-state index in [2.05, 4.69) is 10.3 Å². The SMILES string of the molecule is CCOc1cc(/C=C2/SC(=Nc3cc(Cl)ccc3Cl)NC2=O)ccc1OCc1ccccc1. The molecule has 1 fully saturated rings. The van der Waals surface area contributed by atoms with E-state index in [1.165, 1.54) is 11.8 Å². The molecule has 0 spiro atoms. The van der Waals surface area contributed by atoms with Crippen molar-refractivity contribution in [3.63, 3.8) is 0 Å². The Morgan fingerprint density at radius 1 is 1.00 bits per heavy atom. The topological polar surface area (TPSA) is 59.9 Å². The van der Waals surface area contributed by atoms with Gasteiger partial charge in [-0.2, -0.15) is 0 Å². The monoisotopic (exact) mass is 498 g/mol. The standard InChI is InChI=1S/C25H20Cl2N2O3S/c1-2-31-22-12-17(8-11-21(22)32-15-16-6-4-3-5-7-16)13-23-24(30)29-25(33-23)28-20-14-18(26)9-10-19(20)27/h3-14H,2,15H2,1H3,(H,28,29,30)/b23-13+. The summed E-state index contributed by atoms with van der Waals surface area (Å²) in [4.78, 5) is 17.4. The second-order valence-corrected chi connectivity index (χ2v) is 8.87. The molecule has 1 aliphatic rings. The van der Waals surface area contributed by atoms with Crippen LogP contribution in [0, 0.1) is 0 Å². The minimum atomic E-state index is -0.237. The van der Waals surface area contributed by atoms with Crippen molar-refractivity contribution in [3.05, 3.63) is 92.8 Å². The maximum Gasteiger partial charge on any atom is 0.264 e. The van der Waals surface area contributed by atoms with Gasteiger partial charge in [0.1, 0.15) is 6.61 Å². The van der Waals surface area contributed by atoms with Crippen molar-refractivity contribution in [2.75, 3.05) is 6.61 Å². The Kier molecular flexibility index (Phi) is 7.60. The summed E-state index contributed by atoms with van der Waals surface area (Å²) in [6.45, 7) is 2.84. The van der Waals surface area contributed by atoms with Crippen LogP contribution in [0.4, 0.5) is 5.69 Å². The Labute approximate surface area is 206 Å². The first-order valence-electron chi connectivity index (χ1n) is 10.2. The molecule has 0 atom stereocenters. The number of carbonyl (C=O) groups is 1. The molecule has 1 N–H and O–H groups in total.